The Balaban J connectivity index is 2.08. The van der Waals surface area contributed by atoms with Gasteiger partial charge < -0.3 is 10.1 Å². The fourth-order valence-corrected chi connectivity index (χ4v) is 2.32. The molecule has 1 N–H and O–H groups in total. The van der Waals surface area contributed by atoms with Crippen LogP contribution in [0.2, 0.25) is 0 Å². The molecule has 21 heavy (non-hydrogen) atoms. The van der Waals surface area contributed by atoms with Crippen molar-refractivity contribution in [1.29, 1.82) is 0 Å². The lowest BCUT2D eigenvalue weighted by molar-refractivity contribution is -0.111. The van der Waals surface area contributed by atoms with Gasteiger partial charge in [0, 0.05) is 11.0 Å². The van der Waals surface area contributed by atoms with E-state index in [1.54, 1.807) is 48.6 Å². The Morgan fingerprint density at radius 1 is 1.24 bits per heavy atom. The first-order chi connectivity index (χ1) is 10.2. The highest BCUT2D eigenvalue weighted by molar-refractivity contribution is 7.10. The largest absolute Gasteiger partial charge is 0.462 e. The Morgan fingerprint density at radius 2 is 2.05 bits per heavy atom. The van der Waals surface area contributed by atoms with Gasteiger partial charge in [-0.3, -0.25) is 4.79 Å². The molecular formula is C16H15NO3S. The average Bonchev–Trinajstić information content (AvgIpc) is 2.99. The standard InChI is InChI=1S/C16H15NO3S/c1-2-20-16(19)13-7-3-4-8-14(13)17-15(18)10-9-12-6-5-11-21-12/h3-11H,2H2,1H3,(H,17,18)/b10-9+. The zero-order chi connectivity index (χ0) is 15.1. The third-order valence-corrected chi connectivity index (χ3v) is 3.46. The summed E-state index contributed by atoms with van der Waals surface area (Å²) in [5.74, 6) is -0.740. The molecule has 0 fully saturated rings. The third kappa shape index (κ3) is 4.29. The number of hydrogen-bond donors (Lipinski definition) is 1. The van der Waals surface area contributed by atoms with Gasteiger partial charge in [-0.05, 0) is 36.6 Å². The maximum atomic E-state index is 11.9. The highest BCUT2D eigenvalue weighted by Gasteiger charge is 2.12. The molecule has 0 saturated heterocycles. The number of thiophene rings is 1. The molecule has 0 bridgehead atoms. The van der Waals surface area contributed by atoms with Crippen molar-refractivity contribution in [3.8, 4) is 0 Å². The van der Waals surface area contributed by atoms with Gasteiger partial charge in [0.15, 0.2) is 0 Å². The van der Waals surface area contributed by atoms with Crippen molar-refractivity contribution in [3.63, 3.8) is 0 Å². The summed E-state index contributed by atoms with van der Waals surface area (Å²) in [4.78, 5) is 24.7. The molecule has 1 aromatic carbocycles. The first kappa shape index (κ1) is 15.0. The normalized spacial score (nSPS) is 10.5. The zero-order valence-electron chi connectivity index (χ0n) is 11.5. The minimum absolute atomic E-state index is 0.291. The van der Waals surface area contributed by atoms with Crippen molar-refractivity contribution < 1.29 is 14.3 Å². The molecule has 2 aromatic rings. The highest BCUT2D eigenvalue weighted by atomic mass is 32.1. The van der Waals surface area contributed by atoms with Crippen LogP contribution >= 0.6 is 11.3 Å². The molecule has 0 aliphatic heterocycles. The molecule has 0 atom stereocenters. The van der Waals surface area contributed by atoms with E-state index in [0.717, 1.165) is 4.88 Å². The van der Waals surface area contributed by atoms with Crippen LogP contribution in [0.25, 0.3) is 6.08 Å². The summed E-state index contributed by atoms with van der Waals surface area (Å²) in [6, 6.07) is 10.6. The van der Waals surface area contributed by atoms with Crippen molar-refractivity contribution in [1.82, 2.24) is 0 Å². The predicted octanol–water partition coefficient (Wildman–Crippen LogP) is 3.58. The van der Waals surface area contributed by atoms with Crippen LogP contribution in [0.1, 0.15) is 22.2 Å². The molecule has 1 amide bonds. The van der Waals surface area contributed by atoms with Crippen LogP contribution in [-0.4, -0.2) is 18.5 Å². The van der Waals surface area contributed by atoms with Crippen LogP contribution in [0.3, 0.4) is 0 Å². The van der Waals surface area contributed by atoms with E-state index in [4.69, 9.17) is 4.74 Å². The van der Waals surface area contributed by atoms with Crippen LogP contribution in [0.4, 0.5) is 5.69 Å². The topological polar surface area (TPSA) is 55.4 Å². The summed E-state index contributed by atoms with van der Waals surface area (Å²) in [5.41, 5.74) is 0.786. The van der Waals surface area contributed by atoms with Crippen molar-refractivity contribution >= 4 is 35.0 Å². The van der Waals surface area contributed by atoms with Crippen LogP contribution < -0.4 is 5.32 Å². The van der Waals surface area contributed by atoms with Crippen molar-refractivity contribution in [2.75, 3.05) is 11.9 Å². The molecule has 0 spiro atoms. The molecule has 1 aromatic heterocycles. The lowest BCUT2D eigenvalue weighted by Crippen LogP contribution is -2.13. The maximum absolute atomic E-state index is 11.9. The first-order valence-corrected chi connectivity index (χ1v) is 7.37. The van der Waals surface area contributed by atoms with Crippen LogP contribution in [0.15, 0.2) is 47.9 Å². The Kier molecular flexibility index (Phi) is 5.29. The van der Waals surface area contributed by atoms with Gasteiger partial charge in [0.2, 0.25) is 5.91 Å². The molecular weight excluding hydrogens is 286 g/mol. The fourth-order valence-electron chi connectivity index (χ4n) is 1.70. The molecule has 0 radical (unpaired) electrons. The summed E-state index contributed by atoms with van der Waals surface area (Å²) >= 11 is 1.54. The highest BCUT2D eigenvalue weighted by Crippen LogP contribution is 2.17. The van der Waals surface area contributed by atoms with Crippen molar-refractivity contribution in [2.24, 2.45) is 0 Å². The zero-order valence-corrected chi connectivity index (χ0v) is 12.4. The number of anilines is 1. The predicted molar refractivity (Wildman–Crippen MR) is 84.4 cm³/mol. The minimum Gasteiger partial charge on any atom is -0.462 e. The molecule has 4 nitrogen and oxygen atoms in total. The van der Waals surface area contributed by atoms with Gasteiger partial charge in [-0.2, -0.15) is 0 Å². The number of carbonyl (C=O) groups excluding carboxylic acids is 2. The molecule has 0 saturated carbocycles. The van der Waals surface area contributed by atoms with Crippen LogP contribution in [0.5, 0.6) is 0 Å². The van der Waals surface area contributed by atoms with E-state index in [1.807, 2.05) is 17.5 Å². The lowest BCUT2D eigenvalue weighted by Gasteiger charge is -2.08. The molecule has 0 aliphatic carbocycles. The van der Waals surface area contributed by atoms with E-state index in [1.165, 1.54) is 6.08 Å². The smallest absolute Gasteiger partial charge is 0.340 e. The Morgan fingerprint density at radius 3 is 2.76 bits per heavy atom. The lowest BCUT2D eigenvalue weighted by atomic mass is 10.2. The van der Waals surface area contributed by atoms with Crippen LogP contribution in [0, 0.1) is 0 Å². The number of carbonyl (C=O) groups is 2. The maximum Gasteiger partial charge on any atom is 0.340 e. The fraction of sp³-hybridized carbons (Fsp3) is 0.125. The number of benzene rings is 1. The summed E-state index contributed by atoms with van der Waals surface area (Å²) in [5, 5.41) is 4.63. The summed E-state index contributed by atoms with van der Waals surface area (Å²) in [6.07, 6.45) is 3.17. The molecule has 0 unspecified atom stereocenters. The average molecular weight is 301 g/mol. The number of hydrogen-bond acceptors (Lipinski definition) is 4. The Bertz CT molecular complexity index is 647. The Labute approximate surface area is 127 Å². The molecule has 108 valence electrons. The van der Waals surface area contributed by atoms with E-state index in [0.29, 0.717) is 17.9 Å². The molecule has 0 aliphatic rings. The van der Waals surface area contributed by atoms with E-state index < -0.39 is 5.97 Å². The second-order valence-corrected chi connectivity index (χ2v) is 5.08. The van der Waals surface area contributed by atoms with Gasteiger partial charge in [-0.15, -0.1) is 11.3 Å². The van der Waals surface area contributed by atoms with Gasteiger partial charge >= 0.3 is 5.97 Å². The van der Waals surface area contributed by atoms with E-state index in [9.17, 15) is 9.59 Å². The minimum atomic E-state index is -0.448. The number of esters is 1. The molecule has 5 heteroatoms. The van der Waals surface area contributed by atoms with Gasteiger partial charge in [-0.1, -0.05) is 18.2 Å². The Hall–Kier alpha value is -2.40. The number of para-hydroxylation sites is 1. The summed E-state index contributed by atoms with van der Waals surface area (Å²) in [7, 11) is 0. The second kappa shape index (κ2) is 7.40. The number of amides is 1. The van der Waals surface area contributed by atoms with Gasteiger partial charge in [0.1, 0.15) is 0 Å². The molecule has 2 rings (SSSR count). The van der Waals surface area contributed by atoms with Gasteiger partial charge in [-0.25, -0.2) is 4.79 Å². The van der Waals surface area contributed by atoms with Crippen LogP contribution in [-0.2, 0) is 9.53 Å². The number of nitrogens with one attached hydrogen (secondary N) is 1. The van der Waals surface area contributed by atoms with E-state index >= 15 is 0 Å². The van der Waals surface area contributed by atoms with Gasteiger partial charge in [0.05, 0.1) is 17.9 Å². The third-order valence-electron chi connectivity index (χ3n) is 2.62. The number of ether oxygens (including phenoxy) is 1. The van der Waals surface area contributed by atoms with E-state index in [-0.39, 0.29) is 5.91 Å². The quantitative estimate of drug-likeness (QED) is 0.678. The second-order valence-electron chi connectivity index (χ2n) is 4.10. The van der Waals surface area contributed by atoms with Crippen molar-refractivity contribution in [2.45, 2.75) is 6.92 Å². The monoisotopic (exact) mass is 301 g/mol. The summed E-state index contributed by atoms with van der Waals surface area (Å²) in [6.45, 7) is 2.03. The van der Waals surface area contributed by atoms with E-state index in [2.05, 4.69) is 5.32 Å². The SMILES string of the molecule is CCOC(=O)c1ccccc1NC(=O)/C=C/c1cccs1. The first-order valence-electron chi connectivity index (χ1n) is 6.49. The number of rotatable bonds is 5. The molecule has 1 heterocycles. The summed E-state index contributed by atoms with van der Waals surface area (Å²) < 4.78 is 4.96. The van der Waals surface area contributed by atoms with Crippen molar-refractivity contribution in [3.05, 3.63) is 58.3 Å². The van der Waals surface area contributed by atoms with Gasteiger partial charge in [0.25, 0.3) is 0 Å².